The molecule has 1 saturated carbocycles. The topological polar surface area (TPSA) is 26.3 Å². The van der Waals surface area contributed by atoms with Gasteiger partial charge in [0.2, 0.25) is 0 Å². The molecule has 0 amide bonds. The van der Waals surface area contributed by atoms with E-state index in [1.54, 1.807) is 0 Å². The van der Waals surface area contributed by atoms with Gasteiger partial charge in [-0.15, -0.1) is 0 Å². The number of esters is 1. The highest BCUT2D eigenvalue weighted by Gasteiger charge is 2.95. The number of ether oxygens (including phenoxy) is 1. The van der Waals surface area contributed by atoms with Crippen LogP contribution < -0.4 is 0 Å². The molecule has 0 saturated heterocycles. The highest BCUT2D eigenvalue weighted by molar-refractivity contribution is 5.90. The van der Waals surface area contributed by atoms with Crippen LogP contribution in [0.1, 0.15) is 32.1 Å². The van der Waals surface area contributed by atoms with Crippen LogP contribution >= 0.6 is 0 Å². The highest BCUT2D eigenvalue weighted by Crippen LogP contribution is 2.64. The van der Waals surface area contributed by atoms with E-state index in [1.165, 1.54) is 0 Å². The first-order valence-corrected chi connectivity index (χ1v) is 9.80. The van der Waals surface area contributed by atoms with E-state index in [9.17, 15) is 79.4 Å². The Labute approximate surface area is 194 Å². The second kappa shape index (κ2) is 8.77. The Hall–Kier alpha value is -1.98. The summed E-state index contributed by atoms with van der Waals surface area (Å²) in [5, 5.41) is 0. The maximum atomic E-state index is 13.8. The molecule has 1 unspecified atom stereocenters. The van der Waals surface area contributed by atoms with Crippen LogP contribution in [0.3, 0.4) is 0 Å². The molecule has 2 aliphatic rings. The lowest BCUT2D eigenvalue weighted by atomic mass is 9.88. The zero-order valence-electron chi connectivity index (χ0n) is 17.6. The Morgan fingerprint density at radius 3 is 1.46 bits per heavy atom. The van der Waals surface area contributed by atoms with E-state index in [0.29, 0.717) is 24.8 Å². The number of rotatable bonds is 10. The summed E-state index contributed by atoms with van der Waals surface area (Å²) in [7, 11) is 0. The van der Waals surface area contributed by atoms with Crippen LogP contribution in [0.2, 0.25) is 0 Å². The van der Waals surface area contributed by atoms with Crippen LogP contribution in [-0.4, -0.2) is 60.2 Å². The van der Waals surface area contributed by atoms with E-state index < -0.39 is 66.6 Å². The third kappa shape index (κ3) is 4.40. The van der Waals surface area contributed by atoms with Gasteiger partial charge in [-0.25, -0.2) is 4.79 Å². The smallest absolute Gasteiger partial charge is 0.460 e. The molecular formula is C18H13F17O2. The number of hydrogen-bond donors (Lipinski definition) is 0. The third-order valence-corrected chi connectivity index (χ3v) is 5.99. The van der Waals surface area contributed by atoms with E-state index in [-0.39, 0.29) is 17.9 Å². The fourth-order valence-corrected chi connectivity index (χ4v) is 3.75. The first kappa shape index (κ1) is 31.2. The summed E-state index contributed by atoms with van der Waals surface area (Å²) in [6.07, 6.45) is -9.00. The van der Waals surface area contributed by atoms with Crippen LogP contribution in [0, 0.1) is 5.92 Å². The quantitative estimate of drug-likeness (QED) is 0.197. The Kier molecular flexibility index (Phi) is 7.41. The lowest BCUT2D eigenvalue weighted by Crippen LogP contribution is -2.74. The molecule has 2 rings (SSSR count). The molecule has 0 N–H and O–H groups in total. The number of alkyl halides is 17. The van der Waals surface area contributed by atoms with Crippen LogP contribution in [-0.2, 0) is 9.53 Å². The molecule has 0 aromatic carbocycles. The van der Waals surface area contributed by atoms with E-state index in [4.69, 9.17) is 0 Å². The minimum absolute atomic E-state index is 0.00577. The van der Waals surface area contributed by atoms with Gasteiger partial charge in [0, 0.05) is 5.57 Å². The van der Waals surface area contributed by atoms with Gasteiger partial charge in [0.15, 0.2) is 0 Å². The summed E-state index contributed by atoms with van der Waals surface area (Å²) in [6.45, 7) is -1.91. The Morgan fingerprint density at radius 1 is 0.649 bits per heavy atom. The van der Waals surface area contributed by atoms with Crippen molar-refractivity contribution in [2.24, 2.45) is 5.92 Å². The zero-order valence-corrected chi connectivity index (χ0v) is 17.6. The van der Waals surface area contributed by atoms with Gasteiger partial charge in [0.05, 0.1) is 13.0 Å². The lowest BCUT2D eigenvalue weighted by molar-refractivity contribution is -0.461. The largest absolute Gasteiger partial charge is 0.462 e. The normalized spacial score (nSPS) is 20.6. The first-order valence-electron chi connectivity index (χ1n) is 9.80. The lowest BCUT2D eigenvalue weighted by Gasteiger charge is -2.42. The summed E-state index contributed by atoms with van der Waals surface area (Å²) >= 11 is 0. The molecular weight excluding hydrogens is 571 g/mol. The van der Waals surface area contributed by atoms with Gasteiger partial charge < -0.3 is 4.74 Å². The van der Waals surface area contributed by atoms with E-state index >= 15 is 0 Å². The Balaban J connectivity index is 2.29. The summed E-state index contributed by atoms with van der Waals surface area (Å²) < 4.78 is 229. The van der Waals surface area contributed by atoms with E-state index in [2.05, 4.69) is 4.74 Å². The van der Waals surface area contributed by atoms with Gasteiger partial charge in [-0.2, -0.15) is 74.6 Å². The predicted octanol–water partition coefficient (Wildman–Crippen LogP) is 7.43. The molecule has 1 fully saturated rings. The van der Waals surface area contributed by atoms with Crippen molar-refractivity contribution in [2.75, 3.05) is 6.61 Å². The second-order valence-corrected chi connectivity index (χ2v) is 8.43. The van der Waals surface area contributed by atoms with Crippen LogP contribution in [0.25, 0.3) is 0 Å². The highest BCUT2D eigenvalue weighted by atomic mass is 19.4. The molecule has 0 radical (unpaired) electrons. The standard InChI is InChI=1S/C18H13F17O2/c19-11(20,3-4-37-10(36)9-6-7-1-2-8(9)5-7)12(21,22)13(23,24)14(25,26)15(27,28)16(29,30)17(31,32)18(33,34)35/h7H,1-6H2. The van der Waals surface area contributed by atoms with Crippen molar-refractivity contribution in [3.8, 4) is 0 Å². The molecule has 19 heteroatoms. The molecule has 1 atom stereocenters. The average Bonchev–Trinajstić information content (AvgIpc) is 3.35. The van der Waals surface area contributed by atoms with E-state index in [1.807, 2.05) is 0 Å². The van der Waals surface area contributed by atoms with Crippen LogP contribution in [0.15, 0.2) is 11.1 Å². The van der Waals surface area contributed by atoms with Crippen molar-refractivity contribution < 1.29 is 84.2 Å². The summed E-state index contributed by atoms with van der Waals surface area (Å²) in [6, 6.07) is 0. The fraction of sp³-hybridized carbons (Fsp3) is 0.833. The zero-order chi connectivity index (χ0) is 29.3. The molecule has 216 valence electrons. The fourth-order valence-electron chi connectivity index (χ4n) is 3.75. The summed E-state index contributed by atoms with van der Waals surface area (Å²) in [4.78, 5) is 11.8. The number of carbonyl (C=O) groups excluding carboxylic acids is 1. The van der Waals surface area contributed by atoms with Gasteiger partial charge in [-0.1, -0.05) is 5.57 Å². The minimum Gasteiger partial charge on any atom is -0.462 e. The van der Waals surface area contributed by atoms with E-state index in [0.717, 1.165) is 0 Å². The molecule has 2 bridgehead atoms. The maximum Gasteiger partial charge on any atom is 0.460 e. The summed E-state index contributed by atoms with van der Waals surface area (Å²) in [5.74, 6) is -58.1. The van der Waals surface area contributed by atoms with Crippen LogP contribution in [0.5, 0.6) is 0 Å². The SMILES string of the molecule is O=C(OCCC(F)(F)C(F)(F)C(F)(F)C(F)(F)C(F)(F)C(F)(F)C(F)(F)C(F)(F)F)C1=C2CCC(C2)C1. The van der Waals surface area contributed by atoms with Crippen LogP contribution in [0.4, 0.5) is 74.6 Å². The second-order valence-electron chi connectivity index (χ2n) is 8.43. The monoisotopic (exact) mass is 584 g/mol. The average molecular weight is 584 g/mol. The molecule has 0 aromatic rings. The van der Waals surface area contributed by atoms with Crippen molar-refractivity contribution in [3.63, 3.8) is 0 Å². The maximum absolute atomic E-state index is 13.8. The molecule has 2 aliphatic carbocycles. The molecule has 0 heterocycles. The third-order valence-electron chi connectivity index (χ3n) is 5.99. The van der Waals surface area contributed by atoms with Crippen molar-refractivity contribution in [2.45, 2.75) is 79.7 Å². The number of halogens is 17. The number of hydrogen-bond acceptors (Lipinski definition) is 2. The molecule has 0 aromatic heterocycles. The predicted molar refractivity (Wildman–Crippen MR) is 85.2 cm³/mol. The first-order chi connectivity index (χ1) is 16.2. The van der Waals surface area contributed by atoms with Gasteiger partial charge in [0.1, 0.15) is 0 Å². The van der Waals surface area contributed by atoms with Gasteiger partial charge in [-0.3, -0.25) is 0 Å². The molecule has 37 heavy (non-hydrogen) atoms. The van der Waals surface area contributed by atoms with Crippen molar-refractivity contribution >= 4 is 5.97 Å². The molecule has 2 nitrogen and oxygen atoms in total. The number of carbonyl (C=O) groups is 1. The van der Waals surface area contributed by atoms with Gasteiger partial charge >= 0.3 is 53.6 Å². The van der Waals surface area contributed by atoms with Crippen molar-refractivity contribution in [1.82, 2.24) is 0 Å². The Morgan fingerprint density at radius 2 is 1.08 bits per heavy atom. The number of allylic oxidation sites excluding steroid dienone is 1. The number of fused-ring (bicyclic) bond motifs is 2. The van der Waals surface area contributed by atoms with Crippen molar-refractivity contribution in [1.29, 1.82) is 0 Å². The molecule has 0 spiro atoms. The molecule has 0 aliphatic heterocycles. The van der Waals surface area contributed by atoms with Gasteiger partial charge in [-0.05, 0) is 31.6 Å². The Bertz CT molecular complexity index is 931. The van der Waals surface area contributed by atoms with Crippen molar-refractivity contribution in [3.05, 3.63) is 11.1 Å². The minimum atomic E-state index is -8.66. The summed E-state index contributed by atoms with van der Waals surface area (Å²) in [5.41, 5.74) is 0.479. The van der Waals surface area contributed by atoms with Gasteiger partial charge in [0.25, 0.3) is 0 Å².